The lowest BCUT2D eigenvalue weighted by atomic mass is 9.27. The second-order valence-corrected chi connectivity index (χ2v) is 22.7. The molecule has 0 radical (unpaired) electrons. The first-order valence-corrected chi connectivity index (χ1v) is 25.8. The van der Waals surface area contributed by atoms with Crippen molar-refractivity contribution in [3.63, 3.8) is 0 Å². The van der Waals surface area contributed by atoms with E-state index in [1.165, 1.54) is 136 Å². The molecule has 5 fully saturated rings. The summed E-state index contributed by atoms with van der Waals surface area (Å²) < 4.78 is 0. The van der Waals surface area contributed by atoms with Crippen molar-refractivity contribution < 1.29 is 0 Å². The Morgan fingerprint density at radius 3 is 1.88 bits per heavy atom. The lowest BCUT2D eigenvalue weighted by Gasteiger charge is -2.76. The molecule has 2 spiro atoms. The van der Waals surface area contributed by atoms with Crippen molar-refractivity contribution in [1.29, 1.82) is 0 Å². The van der Waals surface area contributed by atoms with Gasteiger partial charge in [-0.2, -0.15) is 0 Å². The third-order valence-corrected chi connectivity index (χ3v) is 18.7. The molecule has 6 atom stereocenters. The third-order valence-electron chi connectivity index (χ3n) is 18.7. The molecule has 0 N–H and O–H groups in total. The van der Waals surface area contributed by atoms with Crippen LogP contribution in [0.2, 0.25) is 0 Å². The summed E-state index contributed by atoms with van der Waals surface area (Å²) in [6, 6.07) is 68.2. The Balaban J connectivity index is 0.914. The van der Waals surface area contributed by atoms with Gasteiger partial charge in [-0.15, -0.1) is 0 Å². The van der Waals surface area contributed by atoms with Crippen molar-refractivity contribution >= 4 is 27.8 Å². The first kappa shape index (κ1) is 39.9. The maximum absolute atomic E-state index is 2.64. The molecule has 1 nitrogen and oxygen atoms in total. The van der Waals surface area contributed by atoms with Crippen LogP contribution in [0.5, 0.6) is 0 Å². The fourth-order valence-corrected chi connectivity index (χ4v) is 16.0. The zero-order valence-electron chi connectivity index (χ0n) is 39.4. The number of nitrogens with zero attached hydrogens (tertiary/aromatic N) is 1. The van der Waals surface area contributed by atoms with E-state index in [2.05, 4.69) is 202 Å². The molecule has 0 aliphatic heterocycles. The number of fused-ring (bicyclic) bond motifs is 9. The van der Waals surface area contributed by atoms with Crippen LogP contribution in [0.4, 0.5) is 17.1 Å². The van der Waals surface area contributed by atoms with Crippen LogP contribution in [0, 0.1) is 29.1 Å². The Morgan fingerprint density at radius 2 is 1.12 bits per heavy atom. The van der Waals surface area contributed by atoms with Crippen molar-refractivity contribution in [3.05, 3.63) is 198 Å². The van der Waals surface area contributed by atoms with Gasteiger partial charge in [0.25, 0.3) is 0 Å². The van der Waals surface area contributed by atoms with Crippen molar-refractivity contribution in [2.45, 2.75) is 95.3 Å². The molecule has 6 aliphatic carbocycles. The van der Waals surface area contributed by atoms with Crippen LogP contribution in [-0.2, 0) is 10.8 Å². The summed E-state index contributed by atoms with van der Waals surface area (Å²) in [6.45, 7) is 6.90. The standard InChI is InChI=1S/C66H61N/c1-64(2,3)48-32-27-45(28-33-48)51-19-8-11-25-59(51)67(60-26-12-9-21-55(60)56-23-14-18-46-17-13-22-52(63(46)56)44-15-5-4-6-16-44)50-34-29-43(30-35-50)47-31-36-54-53-20-7-10-24-57(53)66(58(54)39-47)61-38-42-37-49-40-62(66)65(49,61)41-42/h7-14,17-36,39,42,44,49,61-62H,4-6,15-16,37-38,40-41H2,1-3H3. The average molecular weight is 868 g/mol. The number of anilines is 3. The molecule has 5 saturated carbocycles. The fraction of sp³-hybridized carbons (Fsp3) is 0.303. The highest BCUT2D eigenvalue weighted by atomic mass is 15.1. The van der Waals surface area contributed by atoms with E-state index in [1.54, 1.807) is 11.1 Å². The van der Waals surface area contributed by atoms with Gasteiger partial charge in [-0.25, -0.2) is 0 Å². The molecule has 330 valence electrons. The number of hydrogen-bond donors (Lipinski definition) is 0. The molecule has 0 saturated heterocycles. The zero-order valence-corrected chi connectivity index (χ0v) is 39.4. The normalized spacial score (nSPS) is 25.4. The van der Waals surface area contributed by atoms with E-state index in [-0.39, 0.29) is 10.8 Å². The Hall–Kier alpha value is -6.18. The highest BCUT2D eigenvalue weighted by Crippen LogP contribution is 2.89. The van der Waals surface area contributed by atoms with Crippen molar-refractivity contribution in [3.8, 4) is 44.5 Å². The van der Waals surface area contributed by atoms with E-state index in [1.807, 2.05) is 0 Å². The Labute approximate surface area is 397 Å². The molecular weight excluding hydrogens is 807 g/mol. The lowest BCUT2D eigenvalue weighted by molar-refractivity contribution is -0.231. The van der Waals surface area contributed by atoms with Gasteiger partial charge in [0.2, 0.25) is 0 Å². The molecule has 2 bridgehead atoms. The molecule has 8 aromatic rings. The van der Waals surface area contributed by atoms with Crippen LogP contribution < -0.4 is 4.90 Å². The maximum atomic E-state index is 2.64. The first-order chi connectivity index (χ1) is 32.8. The highest BCUT2D eigenvalue weighted by molar-refractivity contribution is 6.04. The predicted octanol–water partition coefficient (Wildman–Crippen LogP) is 18.0. The molecule has 6 aliphatic rings. The summed E-state index contributed by atoms with van der Waals surface area (Å²) in [5.41, 5.74) is 21.2. The van der Waals surface area contributed by atoms with Crippen LogP contribution >= 0.6 is 0 Å². The minimum absolute atomic E-state index is 0.0829. The highest BCUT2D eigenvalue weighted by Gasteiger charge is 2.84. The minimum Gasteiger partial charge on any atom is -0.309 e. The quantitative estimate of drug-likeness (QED) is 0.154. The monoisotopic (exact) mass is 867 g/mol. The fourth-order valence-electron chi connectivity index (χ4n) is 16.0. The van der Waals surface area contributed by atoms with E-state index in [0.717, 1.165) is 29.4 Å². The smallest absolute Gasteiger partial charge is 0.0540 e. The van der Waals surface area contributed by atoms with Gasteiger partial charge < -0.3 is 4.90 Å². The van der Waals surface area contributed by atoms with Gasteiger partial charge in [0.1, 0.15) is 0 Å². The summed E-state index contributed by atoms with van der Waals surface area (Å²) >= 11 is 0. The molecule has 1 heteroatoms. The number of rotatable bonds is 7. The largest absolute Gasteiger partial charge is 0.309 e. The Kier molecular flexibility index (Phi) is 8.74. The second-order valence-electron chi connectivity index (χ2n) is 22.7. The van der Waals surface area contributed by atoms with Gasteiger partial charge in [-0.05, 0) is 176 Å². The molecule has 6 unspecified atom stereocenters. The zero-order chi connectivity index (χ0) is 44.6. The van der Waals surface area contributed by atoms with E-state index in [0.29, 0.717) is 11.3 Å². The average Bonchev–Trinajstić information content (AvgIpc) is 4.01. The predicted molar refractivity (Wildman–Crippen MR) is 281 cm³/mol. The summed E-state index contributed by atoms with van der Waals surface area (Å²) in [6.07, 6.45) is 12.4. The van der Waals surface area contributed by atoms with E-state index >= 15 is 0 Å². The van der Waals surface area contributed by atoms with Crippen LogP contribution in [0.3, 0.4) is 0 Å². The summed E-state index contributed by atoms with van der Waals surface area (Å²) in [5.74, 6) is 4.15. The first-order valence-electron chi connectivity index (χ1n) is 25.8. The van der Waals surface area contributed by atoms with Crippen LogP contribution in [0.1, 0.15) is 107 Å². The van der Waals surface area contributed by atoms with E-state index in [9.17, 15) is 0 Å². The van der Waals surface area contributed by atoms with Gasteiger partial charge in [0, 0.05) is 22.2 Å². The molecule has 0 amide bonds. The topological polar surface area (TPSA) is 3.24 Å². The molecule has 0 aromatic heterocycles. The molecule has 8 aromatic carbocycles. The van der Waals surface area contributed by atoms with E-state index in [4.69, 9.17) is 0 Å². The van der Waals surface area contributed by atoms with Gasteiger partial charge in [0.05, 0.1) is 11.4 Å². The summed E-state index contributed by atoms with van der Waals surface area (Å²) in [7, 11) is 0. The number of hydrogen-bond acceptors (Lipinski definition) is 1. The van der Waals surface area contributed by atoms with Crippen LogP contribution in [0.25, 0.3) is 55.3 Å². The van der Waals surface area contributed by atoms with Gasteiger partial charge in [-0.3, -0.25) is 0 Å². The molecular formula is C66H61N. The van der Waals surface area contributed by atoms with Crippen molar-refractivity contribution in [2.75, 3.05) is 4.90 Å². The molecule has 14 rings (SSSR count). The van der Waals surface area contributed by atoms with E-state index < -0.39 is 0 Å². The second kappa shape index (κ2) is 14.7. The number of benzene rings is 8. The Bertz CT molecular complexity index is 3250. The third kappa shape index (κ3) is 5.61. The lowest BCUT2D eigenvalue weighted by Crippen LogP contribution is -2.73. The SMILES string of the molecule is CC(C)(C)c1ccc(-c2ccccc2N(c2ccc(-c3ccc4c(c3)C3(c5ccccc5-4)C4CC5CC6CC3C64C5)cc2)c2ccccc2-c2cccc3cccc(C4CCCCC4)c23)cc1. The van der Waals surface area contributed by atoms with Crippen molar-refractivity contribution in [2.24, 2.45) is 29.1 Å². The van der Waals surface area contributed by atoms with Crippen LogP contribution in [-0.4, -0.2) is 0 Å². The molecule has 67 heavy (non-hydrogen) atoms. The summed E-state index contributed by atoms with van der Waals surface area (Å²) in [5, 5.41) is 2.75. The maximum Gasteiger partial charge on any atom is 0.0540 e. The van der Waals surface area contributed by atoms with Gasteiger partial charge in [-0.1, -0.05) is 186 Å². The Morgan fingerprint density at radius 1 is 0.493 bits per heavy atom. The van der Waals surface area contributed by atoms with Gasteiger partial charge >= 0.3 is 0 Å². The number of para-hydroxylation sites is 2. The minimum atomic E-state index is 0.0829. The molecule has 0 heterocycles. The van der Waals surface area contributed by atoms with Crippen LogP contribution in [0.15, 0.2) is 176 Å². The van der Waals surface area contributed by atoms with Crippen molar-refractivity contribution in [1.82, 2.24) is 0 Å². The van der Waals surface area contributed by atoms with Gasteiger partial charge in [0.15, 0.2) is 0 Å². The summed E-state index contributed by atoms with van der Waals surface area (Å²) in [4.78, 5) is 2.55.